The van der Waals surface area contributed by atoms with E-state index in [-0.39, 0.29) is 22.6 Å². The van der Waals surface area contributed by atoms with Crippen molar-refractivity contribution in [2.75, 3.05) is 6.26 Å². The van der Waals surface area contributed by atoms with Crippen LogP contribution in [0.4, 0.5) is 0 Å². The number of carbonyl (C=O) groups excluding carboxylic acids is 1. The fraction of sp³-hybridized carbons (Fsp3) is 0.611. The molecule has 0 aliphatic heterocycles. The molecular formula is C18H29NOS2. The van der Waals surface area contributed by atoms with Gasteiger partial charge < -0.3 is 5.32 Å². The van der Waals surface area contributed by atoms with E-state index in [0.29, 0.717) is 11.0 Å². The first-order chi connectivity index (χ1) is 10.4. The lowest BCUT2D eigenvalue weighted by atomic mass is 9.99. The van der Waals surface area contributed by atoms with Crippen molar-refractivity contribution in [2.45, 2.75) is 62.5 Å². The molecule has 0 fully saturated rings. The Kier molecular flexibility index (Phi) is 8.58. The first kappa shape index (κ1) is 19.6. The summed E-state index contributed by atoms with van der Waals surface area (Å²) in [7, 11) is 0. The normalized spacial score (nSPS) is 15.8. The van der Waals surface area contributed by atoms with Gasteiger partial charge in [0, 0.05) is 6.04 Å². The Hall–Kier alpha value is -0.450. The van der Waals surface area contributed by atoms with Gasteiger partial charge in [-0.05, 0) is 24.0 Å². The minimum Gasteiger partial charge on any atom is -0.304 e. The van der Waals surface area contributed by atoms with Gasteiger partial charge in [0.15, 0.2) is 5.78 Å². The molecule has 0 saturated heterocycles. The van der Waals surface area contributed by atoms with Crippen LogP contribution in [0.15, 0.2) is 30.3 Å². The standard InChI is InChI=1S/C18H29NOS2/c1-12(2)19-16(17(20)14(5)21-6)18(22-13(3)4)15-10-8-7-9-11-15/h7-14,16,18-19H,1-6H3. The van der Waals surface area contributed by atoms with Gasteiger partial charge in [0.1, 0.15) is 0 Å². The highest BCUT2D eigenvalue weighted by Crippen LogP contribution is 2.36. The molecular weight excluding hydrogens is 310 g/mol. The molecule has 1 rings (SSSR count). The van der Waals surface area contributed by atoms with Crippen molar-refractivity contribution in [1.82, 2.24) is 5.32 Å². The Morgan fingerprint density at radius 2 is 1.64 bits per heavy atom. The van der Waals surface area contributed by atoms with E-state index in [9.17, 15) is 4.79 Å². The van der Waals surface area contributed by atoms with Gasteiger partial charge >= 0.3 is 0 Å². The van der Waals surface area contributed by atoms with Crippen molar-refractivity contribution >= 4 is 29.3 Å². The number of benzene rings is 1. The van der Waals surface area contributed by atoms with Crippen LogP contribution >= 0.6 is 23.5 Å². The average molecular weight is 340 g/mol. The number of ketones is 1. The maximum atomic E-state index is 12.9. The van der Waals surface area contributed by atoms with Crippen LogP contribution in [0, 0.1) is 0 Å². The molecule has 22 heavy (non-hydrogen) atoms. The molecule has 1 aromatic carbocycles. The van der Waals surface area contributed by atoms with E-state index >= 15 is 0 Å². The van der Waals surface area contributed by atoms with Crippen molar-refractivity contribution in [3.8, 4) is 0 Å². The third-order valence-corrected chi connectivity index (χ3v) is 5.74. The Bertz CT molecular complexity index is 448. The molecule has 0 aromatic heterocycles. The predicted molar refractivity (Wildman–Crippen MR) is 102 cm³/mol. The summed E-state index contributed by atoms with van der Waals surface area (Å²) in [6.07, 6.45) is 2.00. The van der Waals surface area contributed by atoms with Gasteiger partial charge in [-0.1, -0.05) is 58.0 Å². The Morgan fingerprint density at radius 1 is 1.05 bits per heavy atom. The van der Waals surface area contributed by atoms with Crippen LogP contribution in [0.1, 0.15) is 45.4 Å². The van der Waals surface area contributed by atoms with Gasteiger partial charge in [-0.3, -0.25) is 4.79 Å². The van der Waals surface area contributed by atoms with Crippen LogP contribution in [0.3, 0.4) is 0 Å². The van der Waals surface area contributed by atoms with E-state index in [0.717, 1.165) is 0 Å². The molecule has 0 radical (unpaired) electrons. The molecule has 1 aromatic rings. The van der Waals surface area contributed by atoms with Crippen LogP contribution < -0.4 is 5.32 Å². The Labute approximate surface area is 144 Å². The summed E-state index contributed by atoms with van der Waals surface area (Å²) in [6, 6.07) is 10.5. The highest BCUT2D eigenvalue weighted by molar-refractivity contribution is 8.00. The molecule has 0 spiro atoms. The summed E-state index contributed by atoms with van der Waals surface area (Å²) >= 11 is 3.49. The van der Waals surface area contributed by atoms with E-state index in [2.05, 4.69) is 57.3 Å². The summed E-state index contributed by atoms with van der Waals surface area (Å²) in [5.41, 5.74) is 1.22. The second-order valence-electron chi connectivity index (χ2n) is 6.10. The molecule has 0 aliphatic rings. The van der Waals surface area contributed by atoms with Gasteiger partial charge in [0.2, 0.25) is 0 Å². The largest absolute Gasteiger partial charge is 0.304 e. The highest BCUT2D eigenvalue weighted by Gasteiger charge is 2.33. The molecule has 4 heteroatoms. The van der Waals surface area contributed by atoms with E-state index in [4.69, 9.17) is 0 Å². The predicted octanol–water partition coefficient (Wildman–Crippen LogP) is 4.56. The topological polar surface area (TPSA) is 29.1 Å². The molecule has 0 saturated carbocycles. The lowest BCUT2D eigenvalue weighted by Crippen LogP contribution is -2.47. The summed E-state index contributed by atoms with van der Waals surface area (Å²) in [4.78, 5) is 12.9. The molecule has 124 valence electrons. The smallest absolute Gasteiger partial charge is 0.163 e. The monoisotopic (exact) mass is 339 g/mol. The maximum absolute atomic E-state index is 12.9. The van der Waals surface area contributed by atoms with Crippen molar-refractivity contribution in [3.63, 3.8) is 0 Å². The fourth-order valence-electron chi connectivity index (χ4n) is 2.33. The third kappa shape index (κ3) is 5.98. The molecule has 3 unspecified atom stereocenters. The first-order valence-corrected chi connectivity index (χ1v) is 10.1. The lowest BCUT2D eigenvalue weighted by molar-refractivity contribution is -0.120. The van der Waals surface area contributed by atoms with Crippen LogP contribution in [0.2, 0.25) is 0 Å². The number of carbonyl (C=O) groups is 1. The molecule has 0 amide bonds. The molecule has 3 atom stereocenters. The van der Waals surface area contributed by atoms with E-state index in [1.807, 2.05) is 31.0 Å². The summed E-state index contributed by atoms with van der Waals surface area (Å²) < 4.78 is 0. The van der Waals surface area contributed by atoms with E-state index < -0.39 is 0 Å². The molecule has 0 bridgehead atoms. The zero-order valence-corrected chi connectivity index (χ0v) is 16.1. The summed E-state index contributed by atoms with van der Waals surface area (Å²) in [5, 5.41) is 4.14. The van der Waals surface area contributed by atoms with Crippen LogP contribution in [-0.2, 0) is 4.79 Å². The second kappa shape index (κ2) is 9.64. The zero-order chi connectivity index (χ0) is 16.7. The highest BCUT2D eigenvalue weighted by atomic mass is 32.2. The van der Waals surface area contributed by atoms with Gasteiger partial charge in [-0.25, -0.2) is 0 Å². The van der Waals surface area contributed by atoms with Crippen LogP contribution in [-0.4, -0.2) is 34.6 Å². The summed E-state index contributed by atoms with van der Waals surface area (Å²) in [5.74, 6) is 0.295. The molecule has 2 nitrogen and oxygen atoms in total. The first-order valence-electron chi connectivity index (χ1n) is 7.89. The van der Waals surface area contributed by atoms with Crippen molar-refractivity contribution in [1.29, 1.82) is 0 Å². The van der Waals surface area contributed by atoms with Crippen LogP contribution in [0.25, 0.3) is 0 Å². The zero-order valence-electron chi connectivity index (χ0n) is 14.5. The maximum Gasteiger partial charge on any atom is 0.163 e. The fourth-order valence-corrected chi connectivity index (χ4v) is 3.98. The number of nitrogens with one attached hydrogen (secondary N) is 1. The Morgan fingerprint density at radius 3 is 2.09 bits per heavy atom. The average Bonchev–Trinajstić information content (AvgIpc) is 2.49. The quantitative estimate of drug-likeness (QED) is 0.714. The number of thioether (sulfide) groups is 2. The van der Waals surface area contributed by atoms with E-state index in [1.54, 1.807) is 11.8 Å². The van der Waals surface area contributed by atoms with Gasteiger partial charge in [0.05, 0.1) is 16.5 Å². The van der Waals surface area contributed by atoms with Gasteiger partial charge in [-0.2, -0.15) is 11.8 Å². The minimum absolute atomic E-state index is 0.00947. The minimum atomic E-state index is -0.155. The second-order valence-corrected chi connectivity index (χ2v) is 9.00. The number of hydrogen-bond acceptors (Lipinski definition) is 4. The van der Waals surface area contributed by atoms with Crippen molar-refractivity contribution < 1.29 is 4.79 Å². The van der Waals surface area contributed by atoms with Gasteiger partial charge in [0.25, 0.3) is 0 Å². The molecule has 1 N–H and O–H groups in total. The molecule has 0 aliphatic carbocycles. The lowest BCUT2D eigenvalue weighted by Gasteiger charge is -2.31. The van der Waals surface area contributed by atoms with E-state index in [1.165, 1.54) is 5.56 Å². The number of Topliss-reactive ketones (excluding diaryl/α,β-unsaturated/α-hetero) is 1. The number of rotatable bonds is 9. The SMILES string of the molecule is CSC(C)C(=O)C(NC(C)C)C(SC(C)C)c1ccccc1. The number of hydrogen-bond donors (Lipinski definition) is 1. The van der Waals surface area contributed by atoms with Crippen molar-refractivity contribution in [2.24, 2.45) is 0 Å². The van der Waals surface area contributed by atoms with Crippen molar-refractivity contribution in [3.05, 3.63) is 35.9 Å². The molecule has 0 heterocycles. The summed E-state index contributed by atoms with van der Waals surface area (Å²) in [6.45, 7) is 10.6. The van der Waals surface area contributed by atoms with Gasteiger partial charge in [-0.15, -0.1) is 11.8 Å². The Balaban J connectivity index is 3.15. The third-order valence-electron chi connectivity index (χ3n) is 3.42. The van der Waals surface area contributed by atoms with Crippen LogP contribution in [0.5, 0.6) is 0 Å².